The summed E-state index contributed by atoms with van der Waals surface area (Å²) in [5.74, 6) is 1.30. The molecule has 2 aromatic heterocycles. The summed E-state index contributed by atoms with van der Waals surface area (Å²) in [4.78, 5) is 49.1. The van der Waals surface area contributed by atoms with Gasteiger partial charge < -0.3 is 20.7 Å². The van der Waals surface area contributed by atoms with Crippen molar-refractivity contribution in [3.05, 3.63) is 79.1 Å². The number of rotatable bonds is 7. The van der Waals surface area contributed by atoms with Crippen LogP contribution in [0.25, 0.3) is 0 Å². The van der Waals surface area contributed by atoms with Crippen molar-refractivity contribution in [2.45, 2.75) is 54.1 Å². The second-order valence-electron chi connectivity index (χ2n) is 9.90. The summed E-state index contributed by atoms with van der Waals surface area (Å²) in [5, 5.41) is 9.24. The van der Waals surface area contributed by atoms with Gasteiger partial charge in [0.2, 0.25) is 11.8 Å². The molecule has 2 aliphatic heterocycles. The van der Waals surface area contributed by atoms with Crippen LogP contribution in [0.15, 0.2) is 78.6 Å². The summed E-state index contributed by atoms with van der Waals surface area (Å²) >= 11 is 1.35. The predicted octanol–water partition coefficient (Wildman–Crippen LogP) is 4.38. The lowest BCUT2D eigenvalue weighted by Crippen LogP contribution is -2.51. The maximum Gasteiger partial charge on any atom is 0.328 e. The maximum absolute atomic E-state index is 13.5. The number of hydrogen-bond acceptors (Lipinski definition) is 7. The molecule has 40 heavy (non-hydrogen) atoms. The fourth-order valence-electron chi connectivity index (χ4n) is 5.44. The molecule has 6 rings (SSSR count). The Kier molecular flexibility index (Phi) is 7.12. The fraction of sp³-hybridized carbons (Fsp3) is 0.276. The third-order valence-electron chi connectivity index (χ3n) is 7.25. The Balaban J connectivity index is 1.18. The van der Waals surface area contributed by atoms with Crippen molar-refractivity contribution in [2.75, 3.05) is 4.90 Å². The number of aromatic nitrogens is 2. The standard InChI is InChI=1S/C29H28N6O4S/c1-2-23(36)32-17-7-6-8-18(15-17)33-27(37)26-25-24-21(13-14-30-28(24)40-26)35(29(38)34-25)22-12-11-20(16-31-22)39-19-9-4-3-5-10-19/h2-5,9-14,16-18,25-26H,1,6-8,15H2,(H,32,36)(H,33,37)(H,34,38). The molecule has 3 aliphatic rings. The Morgan fingerprint density at radius 3 is 2.60 bits per heavy atom. The molecule has 4 atom stereocenters. The number of carbonyl (C=O) groups excluding carboxylic acids is 3. The first-order valence-corrected chi connectivity index (χ1v) is 14.1. The molecule has 0 bridgehead atoms. The van der Waals surface area contributed by atoms with Crippen molar-refractivity contribution >= 4 is 41.1 Å². The van der Waals surface area contributed by atoms with Gasteiger partial charge in [-0.3, -0.25) is 9.59 Å². The molecule has 11 heteroatoms. The number of pyridine rings is 2. The van der Waals surface area contributed by atoms with Gasteiger partial charge in [-0.25, -0.2) is 19.7 Å². The van der Waals surface area contributed by atoms with Crippen LogP contribution in [0, 0.1) is 0 Å². The quantitative estimate of drug-likeness (QED) is 0.369. The zero-order chi connectivity index (χ0) is 27.6. The number of para-hydroxylation sites is 1. The lowest BCUT2D eigenvalue weighted by molar-refractivity contribution is -0.121. The van der Waals surface area contributed by atoms with Gasteiger partial charge in [-0.1, -0.05) is 36.5 Å². The average Bonchev–Trinajstić information content (AvgIpc) is 3.34. The highest BCUT2D eigenvalue weighted by molar-refractivity contribution is 8.01. The molecular weight excluding hydrogens is 528 g/mol. The van der Waals surface area contributed by atoms with Crippen molar-refractivity contribution < 1.29 is 19.1 Å². The van der Waals surface area contributed by atoms with Gasteiger partial charge in [-0.2, -0.15) is 0 Å². The zero-order valence-electron chi connectivity index (χ0n) is 21.6. The van der Waals surface area contributed by atoms with Gasteiger partial charge in [0, 0.05) is 23.8 Å². The Labute approximate surface area is 235 Å². The van der Waals surface area contributed by atoms with Crippen molar-refractivity contribution in [3.8, 4) is 11.5 Å². The first-order valence-electron chi connectivity index (χ1n) is 13.2. The number of nitrogens with one attached hydrogen (secondary N) is 3. The number of ether oxygens (including phenoxy) is 1. The number of thioether (sulfide) groups is 1. The minimum atomic E-state index is -0.562. The normalized spacial score (nSPS) is 23.0. The van der Waals surface area contributed by atoms with Crippen LogP contribution in [0.2, 0.25) is 0 Å². The molecule has 1 saturated carbocycles. The van der Waals surface area contributed by atoms with Gasteiger partial charge >= 0.3 is 6.03 Å². The molecule has 0 saturated heterocycles. The molecule has 1 fully saturated rings. The van der Waals surface area contributed by atoms with E-state index in [2.05, 4.69) is 32.5 Å². The highest BCUT2D eigenvalue weighted by atomic mass is 32.2. The van der Waals surface area contributed by atoms with Crippen molar-refractivity contribution in [1.29, 1.82) is 0 Å². The van der Waals surface area contributed by atoms with Gasteiger partial charge in [0.25, 0.3) is 0 Å². The maximum atomic E-state index is 13.5. The Bertz CT molecular complexity index is 1450. The van der Waals surface area contributed by atoms with Crippen molar-refractivity contribution in [2.24, 2.45) is 0 Å². The Hall–Kier alpha value is -4.38. The molecule has 3 aromatic rings. The lowest BCUT2D eigenvalue weighted by Gasteiger charge is -2.34. The van der Waals surface area contributed by atoms with Crippen molar-refractivity contribution in [1.82, 2.24) is 25.9 Å². The van der Waals surface area contributed by atoms with Gasteiger partial charge in [-0.05, 0) is 62.1 Å². The Morgan fingerprint density at radius 2 is 1.85 bits per heavy atom. The molecule has 10 nitrogen and oxygen atoms in total. The predicted molar refractivity (Wildman–Crippen MR) is 151 cm³/mol. The van der Waals surface area contributed by atoms with Gasteiger partial charge in [0.05, 0.1) is 17.9 Å². The summed E-state index contributed by atoms with van der Waals surface area (Å²) in [6, 6.07) is 13.7. The van der Waals surface area contributed by atoms with Gasteiger partial charge in [0.1, 0.15) is 27.6 Å². The largest absolute Gasteiger partial charge is 0.456 e. The molecule has 0 spiro atoms. The Morgan fingerprint density at radius 1 is 1.05 bits per heavy atom. The highest BCUT2D eigenvalue weighted by Gasteiger charge is 2.47. The number of amides is 4. The number of nitrogens with zero attached hydrogens (tertiary/aromatic N) is 3. The van der Waals surface area contributed by atoms with E-state index in [1.54, 1.807) is 30.6 Å². The molecule has 0 radical (unpaired) electrons. The van der Waals surface area contributed by atoms with Crippen LogP contribution >= 0.6 is 11.8 Å². The van der Waals surface area contributed by atoms with E-state index >= 15 is 0 Å². The minimum Gasteiger partial charge on any atom is -0.456 e. The van der Waals surface area contributed by atoms with E-state index in [1.165, 1.54) is 22.7 Å². The van der Waals surface area contributed by atoms with Crippen molar-refractivity contribution in [3.63, 3.8) is 0 Å². The molecule has 4 heterocycles. The third kappa shape index (κ3) is 5.12. The van der Waals surface area contributed by atoms with E-state index in [0.717, 1.165) is 24.8 Å². The summed E-state index contributed by atoms with van der Waals surface area (Å²) in [6.45, 7) is 3.51. The molecule has 1 aromatic carbocycles. The molecule has 1 aliphatic carbocycles. The van der Waals surface area contributed by atoms with Gasteiger partial charge in [0.15, 0.2) is 0 Å². The number of carbonyl (C=O) groups is 3. The highest BCUT2D eigenvalue weighted by Crippen LogP contribution is 2.50. The number of hydrogen-bond donors (Lipinski definition) is 3. The van der Waals surface area contributed by atoms with Crippen LogP contribution in [0.4, 0.5) is 16.3 Å². The van der Waals surface area contributed by atoms with Crippen LogP contribution in [0.5, 0.6) is 11.5 Å². The molecule has 204 valence electrons. The van der Waals surface area contributed by atoms with E-state index in [1.807, 2.05) is 30.3 Å². The third-order valence-corrected chi connectivity index (χ3v) is 8.53. The van der Waals surface area contributed by atoms with E-state index in [4.69, 9.17) is 4.74 Å². The SMILES string of the molecule is C=CC(=O)NC1CCCC(NC(=O)C2Sc3nccc4c3C2NC(=O)N4c2ccc(Oc3ccccc3)cn2)C1. The molecule has 4 amide bonds. The van der Waals surface area contributed by atoms with E-state index in [0.29, 0.717) is 34.5 Å². The average molecular weight is 557 g/mol. The topological polar surface area (TPSA) is 126 Å². The second kappa shape index (κ2) is 11.0. The molecule has 3 N–H and O–H groups in total. The summed E-state index contributed by atoms with van der Waals surface area (Å²) in [5.41, 5.74) is 1.45. The second-order valence-corrected chi connectivity index (χ2v) is 11.0. The number of anilines is 2. The van der Waals surface area contributed by atoms with Gasteiger partial charge in [-0.15, -0.1) is 0 Å². The first-order chi connectivity index (χ1) is 19.5. The van der Waals surface area contributed by atoms with Crippen LogP contribution in [-0.2, 0) is 9.59 Å². The summed E-state index contributed by atoms with van der Waals surface area (Å²) in [6.07, 6.45) is 7.73. The fourth-order valence-corrected chi connectivity index (χ4v) is 6.67. The molecular formula is C29H28N6O4S. The summed E-state index contributed by atoms with van der Waals surface area (Å²) < 4.78 is 5.83. The minimum absolute atomic E-state index is 0.00818. The number of urea groups is 1. The van der Waals surface area contributed by atoms with E-state index in [-0.39, 0.29) is 29.9 Å². The van der Waals surface area contributed by atoms with Crippen LogP contribution in [0.3, 0.4) is 0 Å². The van der Waals surface area contributed by atoms with E-state index in [9.17, 15) is 14.4 Å². The lowest BCUT2D eigenvalue weighted by atomic mass is 9.90. The van der Waals surface area contributed by atoms with Crippen LogP contribution in [-0.4, -0.2) is 45.1 Å². The first kappa shape index (κ1) is 25.9. The smallest absolute Gasteiger partial charge is 0.328 e. The van der Waals surface area contributed by atoms with E-state index < -0.39 is 11.3 Å². The zero-order valence-corrected chi connectivity index (χ0v) is 22.4. The number of benzene rings is 1. The monoisotopic (exact) mass is 556 g/mol. The van der Waals surface area contributed by atoms with Crippen LogP contribution < -0.4 is 25.6 Å². The van der Waals surface area contributed by atoms with Crippen LogP contribution in [0.1, 0.15) is 37.3 Å². The summed E-state index contributed by atoms with van der Waals surface area (Å²) in [7, 11) is 0. The molecule has 4 unspecified atom stereocenters.